The summed E-state index contributed by atoms with van der Waals surface area (Å²) < 4.78 is 0. The van der Waals surface area contributed by atoms with Crippen molar-refractivity contribution < 1.29 is 9.59 Å². The zero-order valence-electron chi connectivity index (χ0n) is 11.2. The van der Waals surface area contributed by atoms with E-state index in [9.17, 15) is 9.59 Å². The van der Waals surface area contributed by atoms with Crippen LogP contribution in [0.25, 0.3) is 0 Å². The fourth-order valence-electron chi connectivity index (χ4n) is 1.82. The average molecular weight is 238 g/mol. The molecule has 0 spiro atoms. The van der Waals surface area contributed by atoms with Gasteiger partial charge in [0.1, 0.15) is 0 Å². The molecule has 4 heteroatoms. The van der Waals surface area contributed by atoms with Gasteiger partial charge in [-0.3, -0.25) is 14.5 Å². The quantitative estimate of drug-likeness (QED) is 0.684. The van der Waals surface area contributed by atoms with Crippen molar-refractivity contribution in [3.63, 3.8) is 0 Å². The molecule has 0 aromatic heterocycles. The SMILES string of the molecule is C/C(=C\CN1CCN(C)CC1=O)C(=O)C(C)C. The Balaban J connectivity index is 2.52. The van der Waals surface area contributed by atoms with E-state index in [1.807, 2.05) is 38.8 Å². The molecule has 1 aliphatic heterocycles. The van der Waals surface area contributed by atoms with Crippen LogP contribution in [-0.2, 0) is 9.59 Å². The predicted octanol–water partition coefficient (Wildman–Crippen LogP) is 0.932. The second-order valence-electron chi connectivity index (χ2n) is 4.98. The van der Waals surface area contributed by atoms with Crippen LogP contribution in [0, 0.1) is 5.92 Å². The van der Waals surface area contributed by atoms with Crippen molar-refractivity contribution in [2.45, 2.75) is 20.8 Å². The fourth-order valence-corrected chi connectivity index (χ4v) is 1.82. The van der Waals surface area contributed by atoms with Gasteiger partial charge in [0.15, 0.2) is 5.78 Å². The van der Waals surface area contributed by atoms with Gasteiger partial charge in [-0.05, 0) is 19.5 Å². The number of amides is 1. The Bertz CT molecular complexity index is 334. The van der Waals surface area contributed by atoms with Crippen molar-refractivity contribution in [1.29, 1.82) is 0 Å². The van der Waals surface area contributed by atoms with Gasteiger partial charge in [-0.15, -0.1) is 0 Å². The summed E-state index contributed by atoms with van der Waals surface area (Å²) in [6.07, 6.45) is 1.87. The number of carbonyl (C=O) groups is 2. The first-order chi connectivity index (χ1) is 7.91. The molecule has 0 aromatic rings. The molecule has 1 aliphatic rings. The summed E-state index contributed by atoms with van der Waals surface area (Å²) in [5.41, 5.74) is 0.756. The molecule has 0 atom stereocenters. The minimum Gasteiger partial charge on any atom is -0.337 e. The minimum atomic E-state index is 0.0226. The maximum Gasteiger partial charge on any atom is 0.237 e. The van der Waals surface area contributed by atoms with Crippen LogP contribution in [-0.4, -0.2) is 54.7 Å². The highest BCUT2D eigenvalue weighted by molar-refractivity contribution is 5.96. The number of allylic oxidation sites excluding steroid dienone is 1. The van der Waals surface area contributed by atoms with E-state index in [-0.39, 0.29) is 17.6 Å². The van der Waals surface area contributed by atoms with Crippen molar-refractivity contribution in [1.82, 2.24) is 9.80 Å². The van der Waals surface area contributed by atoms with Crippen LogP contribution in [0.3, 0.4) is 0 Å². The molecule has 17 heavy (non-hydrogen) atoms. The van der Waals surface area contributed by atoms with Gasteiger partial charge in [-0.25, -0.2) is 0 Å². The molecule has 1 saturated heterocycles. The average Bonchev–Trinajstić information content (AvgIpc) is 2.26. The number of likely N-dealkylation sites (N-methyl/N-ethyl adjacent to an activating group) is 1. The van der Waals surface area contributed by atoms with Crippen molar-refractivity contribution in [3.05, 3.63) is 11.6 Å². The summed E-state index contributed by atoms with van der Waals surface area (Å²) in [5.74, 6) is 0.320. The molecular weight excluding hydrogens is 216 g/mol. The summed E-state index contributed by atoms with van der Waals surface area (Å²) in [5, 5.41) is 0. The number of Topliss-reactive ketones (excluding diaryl/α,β-unsaturated/α-hetero) is 1. The molecule has 1 amide bonds. The van der Waals surface area contributed by atoms with Crippen molar-refractivity contribution >= 4 is 11.7 Å². The molecule has 0 unspecified atom stereocenters. The van der Waals surface area contributed by atoms with Gasteiger partial charge in [0.05, 0.1) is 6.54 Å². The Morgan fingerprint density at radius 1 is 1.41 bits per heavy atom. The molecule has 1 fully saturated rings. The molecule has 4 nitrogen and oxygen atoms in total. The van der Waals surface area contributed by atoms with Gasteiger partial charge < -0.3 is 4.90 Å². The van der Waals surface area contributed by atoms with Crippen molar-refractivity contribution in [2.75, 3.05) is 33.2 Å². The Kier molecular flexibility index (Phi) is 4.87. The summed E-state index contributed by atoms with van der Waals surface area (Å²) in [4.78, 5) is 27.2. The molecule has 0 bridgehead atoms. The van der Waals surface area contributed by atoms with E-state index in [1.54, 1.807) is 4.90 Å². The number of rotatable bonds is 4. The van der Waals surface area contributed by atoms with Gasteiger partial charge in [0.2, 0.25) is 5.91 Å². The summed E-state index contributed by atoms with van der Waals surface area (Å²) in [7, 11) is 1.94. The molecule has 0 saturated carbocycles. The minimum absolute atomic E-state index is 0.0226. The van der Waals surface area contributed by atoms with Crippen LogP contribution >= 0.6 is 0 Å². The van der Waals surface area contributed by atoms with Crippen LogP contribution in [0.2, 0.25) is 0 Å². The summed E-state index contributed by atoms with van der Waals surface area (Å²) in [6.45, 7) is 8.28. The molecule has 0 radical (unpaired) electrons. The molecular formula is C13H22N2O2. The number of piperazine rings is 1. The molecule has 0 N–H and O–H groups in total. The highest BCUT2D eigenvalue weighted by Gasteiger charge is 2.20. The molecule has 1 rings (SSSR count). The van der Waals surface area contributed by atoms with E-state index in [4.69, 9.17) is 0 Å². The third-order valence-electron chi connectivity index (χ3n) is 3.04. The van der Waals surface area contributed by atoms with Crippen molar-refractivity contribution in [2.24, 2.45) is 5.92 Å². The van der Waals surface area contributed by atoms with Gasteiger partial charge >= 0.3 is 0 Å². The standard InChI is InChI=1S/C13H22N2O2/c1-10(2)13(17)11(3)5-6-15-8-7-14(4)9-12(15)16/h5,10H,6-9H2,1-4H3/b11-5+. The normalized spacial score (nSPS) is 19.0. The maximum absolute atomic E-state index is 11.7. The third-order valence-corrected chi connectivity index (χ3v) is 3.04. The Labute approximate surface area is 103 Å². The zero-order chi connectivity index (χ0) is 13.0. The van der Waals surface area contributed by atoms with Crippen LogP contribution in [0.1, 0.15) is 20.8 Å². The zero-order valence-corrected chi connectivity index (χ0v) is 11.2. The lowest BCUT2D eigenvalue weighted by atomic mass is 10.0. The van der Waals surface area contributed by atoms with Crippen LogP contribution in [0.15, 0.2) is 11.6 Å². The Morgan fingerprint density at radius 2 is 2.06 bits per heavy atom. The molecule has 0 aromatic carbocycles. The van der Waals surface area contributed by atoms with Gasteiger partial charge in [0, 0.05) is 25.6 Å². The number of carbonyl (C=O) groups excluding carboxylic acids is 2. The van der Waals surface area contributed by atoms with E-state index in [1.165, 1.54) is 0 Å². The summed E-state index contributed by atoms with van der Waals surface area (Å²) >= 11 is 0. The largest absolute Gasteiger partial charge is 0.337 e. The highest BCUT2D eigenvalue weighted by atomic mass is 16.2. The third kappa shape index (κ3) is 3.97. The van der Waals surface area contributed by atoms with E-state index in [2.05, 4.69) is 0 Å². The van der Waals surface area contributed by atoms with Gasteiger partial charge in [-0.1, -0.05) is 19.9 Å². The number of nitrogens with zero attached hydrogens (tertiary/aromatic N) is 2. The fraction of sp³-hybridized carbons (Fsp3) is 0.692. The maximum atomic E-state index is 11.7. The second kappa shape index (κ2) is 5.96. The Morgan fingerprint density at radius 3 is 2.59 bits per heavy atom. The predicted molar refractivity (Wildman–Crippen MR) is 67.7 cm³/mol. The van der Waals surface area contributed by atoms with Crippen molar-refractivity contribution in [3.8, 4) is 0 Å². The number of hydrogen-bond acceptors (Lipinski definition) is 3. The molecule has 1 heterocycles. The lowest BCUT2D eigenvalue weighted by molar-refractivity contribution is -0.134. The van der Waals surface area contributed by atoms with Gasteiger partial charge in [-0.2, -0.15) is 0 Å². The summed E-state index contributed by atoms with van der Waals surface area (Å²) in [6, 6.07) is 0. The first-order valence-electron chi connectivity index (χ1n) is 6.09. The monoisotopic (exact) mass is 238 g/mol. The lowest BCUT2D eigenvalue weighted by Crippen LogP contribution is -2.48. The van der Waals surface area contributed by atoms with Gasteiger partial charge in [0.25, 0.3) is 0 Å². The lowest BCUT2D eigenvalue weighted by Gasteiger charge is -2.31. The molecule has 96 valence electrons. The second-order valence-corrected chi connectivity index (χ2v) is 4.98. The first kappa shape index (κ1) is 13.9. The smallest absolute Gasteiger partial charge is 0.237 e. The number of ketones is 1. The van der Waals surface area contributed by atoms with E-state index in [0.29, 0.717) is 13.1 Å². The first-order valence-corrected chi connectivity index (χ1v) is 6.09. The number of hydrogen-bond donors (Lipinski definition) is 0. The molecule has 0 aliphatic carbocycles. The van der Waals surface area contributed by atoms with Crippen LogP contribution in [0.5, 0.6) is 0 Å². The Hall–Kier alpha value is -1.16. The van der Waals surface area contributed by atoms with E-state index >= 15 is 0 Å². The topological polar surface area (TPSA) is 40.6 Å². The highest BCUT2D eigenvalue weighted by Crippen LogP contribution is 2.07. The van der Waals surface area contributed by atoms with Crippen LogP contribution < -0.4 is 0 Å². The van der Waals surface area contributed by atoms with E-state index < -0.39 is 0 Å². The van der Waals surface area contributed by atoms with E-state index in [0.717, 1.165) is 18.7 Å². The van der Waals surface area contributed by atoms with Crippen LogP contribution in [0.4, 0.5) is 0 Å².